The van der Waals surface area contributed by atoms with Crippen molar-refractivity contribution in [2.75, 3.05) is 19.0 Å². The average molecular weight is 306 g/mol. The van der Waals surface area contributed by atoms with Crippen LogP contribution < -0.4 is 5.32 Å². The SMILES string of the molecule is COCC(=O)Nc1sc2c(c1C#N)CC[C@H](C(C)(C)C)C2. The van der Waals surface area contributed by atoms with E-state index in [4.69, 9.17) is 4.74 Å². The van der Waals surface area contributed by atoms with Gasteiger partial charge in [0, 0.05) is 12.0 Å². The maximum absolute atomic E-state index is 11.7. The first-order chi connectivity index (χ1) is 9.86. The Labute approximate surface area is 130 Å². The highest BCUT2D eigenvalue weighted by Gasteiger charge is 2.32. The molecule has 5 heteroatoms. The van der Waals surface area contributed by atoms with Crippen LogP contribution in [0.5, 0.6) is 0 Å². The molecule has 0 aliphatic heterocycles. The topological polar surface area (TPSA) is 62.1 Å². The van der Waals surface area contributed by atoms with Gasteiger partial charge in [-0.1, -0.05) is 20.8 Å². The Hall–Kier alpha value is -1.38. The molecular weight excluding hydrogens is 284 g/mol. The van der Waals surface area contributed by atoms with E-state index in [-0.39, 0.29) is 17.9 Å². The number of thiophene rings is 1. The summed E-state index contributed by atoms with van der Waals surface area (Å²) in [6.07, 6.45) is 3.03. The summed E-state index contributed by atoms with van der Waals surface area (Å²) in [6, 6.07) is 2.26. The quantitative estimate of drug-likeness (QED) is 0.931. The van der Waals surface area contributed by atoms with Gasteiger partial charge in [-0.25, -0.2) is 0 Å². The van der Waals surface area contributed by atoms with E-state index in [9.17, 15) is 10.1 Å². The number of hydrogen-bond acceptors (Lipinski definition) is 4. The summed E-state index contributed by atoms with van der Waals surface area (Å²) < 4.78 is 4.82. The van der Waals surface area contributed by atoms with Gasteiger partial charge in [0.1, 0.15) is 17.7 Å². The van der Waals surface area contributed by atoms with Crippen LogP contribution in [0.3, 0.4) is 0 Å². The van der Waals surface area contributed by atoms with Crippen molar-refractivity contribution in [3.05, 3.63) is 16.0 Å². The molecule has 1 N–H and O–H groups in total. The molecule has 1 aliphatic rings. The number of nitrogens with zero attached hydrogens (tertiary/aromatic N) is 1. The van der Waals surface area contributed by atoms with Crippen LogP contribution in [0.2, 0.25) is 0 Å². The van der Waals surface area contributed by atoms with Crippen LogP contribution in [0.25, 0.3) is 0 Å². The molecule has 1 aliphatic carbocycles. The average Bonchev–Trinajstić information content (AvgIpc) is 2.73. The normalized spacial score (nSPS) is 18.0. The van der Waals surface area contributed by atoms with Crippen LogP contribution in [-0.2, 0) is 22.4 Å². The molecule has 0 fully saturated rings. The van der Waals surface area contributed by atoms with Gasteiger partial charge >= 0.3 is 0 Å². The van der Waals surface area contributed by atoms with Crippen molar-refractivity contribution in [3.8, 4) is 6.07 Å². The van der Waals surface area contributed by atoms with Crippen molar-refractivity contribution < 1.29 is 9.53 Å². The van der Waals surface area contributed by atoms with Gasteiger partial charge in [0.05, 0.1) is 5.56 Å². The Morgan fingerprint density at radius 3 is 2.81 bits per heavy atom. The minimum absolute atomic E-state index is 0.0120. The van der Waals surface area contributed by atoms with Crippen molar-refractivity contribution >= 4 is 22.2 Å². The van der Waals surface area contributed by atoms with E-state index >= 15 is 0 Å². The highest BCUT2D eigenvalue weighted by Crippen LogP contribution is 2.43. The molecule has 0 aromatic carbocycles. The lowest BCUT2D eigenvalue weighted by molar-refractivity contribution is -0.119. The zero-order valence-electron chi connectivity index (χ0n) is 13.1. The number of rotatable bonds is 3. The summed E-state index contributed by atoms with van der Waals surface area (Å²) in [6.45, 7) is 6.81. The summed E-state index contributed by atoms with van der Waals surface area (Å²) in [5, 5.41) is 12.9. The van der Waals surface area contributed by atoms with Crippen molar-refractivity contribution in [2.45, 2.75) is 40.0 Å². The third-order valence-electron chi connectivity index (χ3n) is 4.13. The largest absolute Gasteiger partial charge is 0.375 e. The summed E-state index contributed by atoms with van der Waals surface area (Å²) in [5.41, 5.74) is 2.05. The standard InChI is InChI=1S/C16H22N2O2S/c1-16(2,3)10-5-6-11-12(8-17)15(21-13(11)7-10)18-14(19)9-20-4/h10H,5-7,9H2,1-4H3,(H,18,19)/t10-/m0/s1. The molecule has 0 spiro atoms. The fraction of sp³-hybridized carbons (Fsp3) is 0.625. The van der Waals surface area contributed by atoms with E-state index in [1.54, 1.807) is 11.3 Å². The number of fused-ring (bicyclic) bond motifs is 1. The molecular formula is C16H22N2O2S. The minimum atomic E-state index is -0.208. The Morgan fingerprint density at radius 2 is 2.24 bits per heavy atom. The van der Waals surface area contributed by atoms with Gasteiger partial charge < -0.3 is 10.1 Å². The predicted octanol–water partition coefficient (Wildman–Crippen LogP) is 3.36. The number of nitrogens with one attached hydrogen (secondary N) is 1. The molecule has 0 bridgehead atoms. The summed E-state index contributed by atoms with van der Waals surface area (Å²) in [7, 11) is 1.48. The lowest BCUT2D eigenvalue weighted by Gasteiger charge is -2.33. The highest BCUT2D eigenvalue weighted by atomic mass is 32.1. The second kappa shape index (κ2) is 6.17. The Balaban J connectivity index is 2.26. The maximum Gasteiger partial charge on any atom is 0.250 e. The molecule has 1 aromatic rings. The van der Waals surface area contributed by atoms with Crippen LogP contribution in [-0.4, -0.2) is 19.6 Å². The van der Waals surface area contributed by atoms with E-state index in [1.807, 2.05) is 0 Å². The minimum Gasteiger partial charge on any atom is -0.375 e. The Kier molecular flexibility index (Phi) is 4.70. The number of anilines is 1. The smallest absolute Gasteiger partial charge is 0.250 e. The molecule has 0 saturated carbocycles. The molecule has 114 valence electrons. The van der Waals surface area contributed by atoms with Gasteiger partial charge in [0.15, 0.2) is 0 Å². The fourth-order valence-corrected chi connectivity index (χ4v) is 4.12. The molecule has 1 amide bonds. The molecule has 4 nitrogen and oxygen atoms in total. The van der Waals surface area contributed by atoms with Gasteiger partial charge in [-0.3, -0.25) is 4.79 Å². The molecule has 2 rings (SSSR count). The van der Waals surface area contributed by atoms with Crippen LogP contribution in [0.1, 0.15) is 43.2 Å². The fourth-order valence-electron chi connectivity index (χ4n) is 2.83. The highest BCUT2D eigenvalue weighted by molar-refractivity contribution is 7.16. The zero-order valence-corrected chi connectivity index (χ0v) is 13.9. The first-order valence-corrected chi connectivity index (χ1v) is 8.02. The van der Waals surface area contributed by atoms with Crippen molar-refractivity contribution in [1.29, 1.82) is 5.26 Å². The van der Waals surface area contributed by atoms with Crippen LogP contribution in [0.4, 0.5) is 5.00 Å². The number of hydrogen-bond donors (Lipinski definition) is 1. The van der Waals surface area contributed by atoms with Crippen LogP contribution in [0, 0.1) is 22.7 Å². The second-order valence-corrected chi connectivity index (χ2v) is 7.71. The second-order valence-electron chi connectivity index (χ2n) is 6.61. The number of methoxy groups -OCH3 is 1. The van der Waals surface area contributed by atoms with E-state index in [0.29, 0.717) is 16.5 Å². The predicted molar refractivity (Wildman–Crippen MR) is 84.5 cm³/mol. The number of carbonyl (C=O) groups excluding carboxylic acids is 1. The zero-order chi connectivity index (χ0) is 15.6. The maximum atomic E-state index is 11.7. The third kappa shape index (κ3) is 3.45. The van der Waals surface area contributed by atoms with E-state index in [2.05, 4.69) is 32.2 Å². The van der Waals surface area contributed by atoms with E-state index < -0.39 is 0 Å². The first-order valence-electron chi connectivity index (χ1n) is 7.20. The van der Waals surface area contributed by atoms with Crippen molar-refractivity contribution in [2.24, 2.45) is 11.3 Å². The van der Waals surface area contributed by atoms with Crippen molar-refractivity contribution in [1.82, 2.24) is 0 Å². The van der Waals surface area contributed by atoms with E-state index in [1.165, 1.54) is 12.0 Å². The number of ether oxygens (including phenoxy) is 1. The molecule has 1 atom stereocenters. The Morgan fingerprint density at radius 1 is 1.52 bits per heavy atom. The molecule has 0 radical (unpaired) electrons. The van der Waals surface area contributed by atoms with Gasteiger partial charge in [-0.05, 0) is 36.2 Å². The van der Waals surface area contributed by atoms with Crippen molar-refractivity contribution in [3.63, 3.8) is 0 Å². The molecule has 21 heavy (non-hydrogen) atoms. The third-order valence-corrected chi connectivity index (χ3v) is 5.30. The summed E-state index contributed by atoms with van der Waals surface area (Å²) in [5.74, 6) is 0.415. The number of amides is 1. The molecule has 1 heterocycles. The summed E-state index contributed by atoms with van der Waals surface area (Å²) in [4.78, 5) is 12.9. The Bertz CT molecular complexity index is 578. The van der Waals surface area contributed by atoms with Gasteiger partial charge in [0.25, 0.3) is 5.91 Å². The lowest BCUT2D eigenvalue weighted by atomic mass is 9.72. The van der Waals surface area contributed by atoms with Gasteiger partial charge in [-0.15, -0.1) is 11.3 Å². The molecule has 0 saturated heterocycles. The molecule has 0 unspecified atom stereocenters. The number of carbonyl (C=O) groups is 1. The monoisotopic (exact) mass is 306 g/mol. The van der Waals surface area contributed by atoms with Gasteiger partial charge in [-0.2, -0.15) is 5.26 Å². The van der Waals surface area contributed by atoms with Gasteiger partial charge in [0.2, 0.25) is 0 Å². The number of nitriles is 1. The first kappa shape index (κ1) is 16.0. The lowest BCUT2D eigenvalue weighted by Crippen LogP contribution is -2.26. The summed E-state index contributed by atoms with van der Waals surface area (Å²) >= 11 is 1.55. The van der Waals surface area contributed by atoms with Crippen LogP contribution >= 0.6 is 11.3 Å². The molecule has 1 aromatic heterocycles. The van der Waals surface area contributed by atoms with E-state index in [0.717, 1.165) is 24.8 Å². The van der Waals surface area contributed by atoms with Crippen LogP contribution in [0.15, 0.2) is 0 Å².